The van der Waals surface area contributed by atoms with E-state index in [2.05, 4.69) is 22.0 Å². The number of pyridine rings is 2. The summed E-state index contributed by atoms with van der Waals surface area (Å²) in [7, 11) is 0. The van der Waals surface area contributed by atoms with Crippen molar-refractivity contribution in [2.75, 3.05) is 13.1 Å². The fraction of sp³-hybridized carbons (Fsp3) is 0.273. The van der Waals surface area contributed by atoms with E-state index in [4.69, 9.17) is 4.98 Å². The zero-order valence-electron chi connectivity index (χ0n) is 14.7. The van der Waals surface area contributed by atoms with Crippen LogP contribution in [0.5, 0.6) is 0 Å². The number of benzene rings is 1. The third kappa shape index (κ3) is 3.97. The zero-order chi connectivity index (χ0) is 17.8. The molecule has 0 saturated carbocycles. The highest BCUT2D eigenvalue weighted by molar-refractivity contribution is 5.59. The predicted molar refractivity (Wildman–Crippen MR) is 101 cm³/mol. The highest BCUT2D eigenvalue weighted by Crippen LogP contribution is 2.28. The first-order valence-corrected chi connectivity index (χ1v) is 9.12. The third-order valence-corrected chi connectivity index (χ3v) is 4.94. The van der Waals surface area contributed by atoms with Crippen LogP contribution in [0.3, 0.4) is 0 Å². The molecular weight excluding hydrogens is 325 g/mol. The zero-order valence-corrected chi connectivity index (χ0v) is 14.7. The van der Waals surface area contributed by atoms with Gasteiger partial charge in [0.05, 0.1) is 5.69 Å². The molecule has 4 heteroatoms. The van der Waals surface area contributed by atoms with E-state index in [1.165, 1.54) is 11.6 Å². The number of aromatic nitrogens is 2. The number of hydrogen-bond donors (Lipinski definition) is 0. The summed E-state index contributed by atoms with van der Waals surface area (Å²) >= 11 is 0. The predicted octanol–water partition coefficient (Wildman–Crippen LogP) is 4.66. The average Bonchev–Trinajstić information content (AvgIpc) is 2.69. The van der Waals surface area contributed by atoms with Gasteiger partial charge >= 0.3 is 0 Å². The van der Waals surface area contributed by atoms with E-state index in [0.29, 0.717) is 5.92 Å². The van der Waals surface area contributed by atoms with Crippen molar-refractivity contribution in [3.8, 4) is 11.3 Å². The Kier molecular flexibility index (Phi) is 5.02. The molecule has 1 aliphatic rings. The van der Waals surface area contributed by atoms with E-state index in [1.54, 1.807) is 12.1 Å². The molecule has 1 fully saturated rings. The Morgan fingerprint density at radius 3 is 2.85 bits per heavy atom. The lowest BCUT2D eigenvalue weighted by atomic mass is 9.93. The fourth-order valence-corrected chi connectivity index (χ4v) is 3.68. The van der Waals surface area contributed by atoms with Crippen molar-refractivity contribution in [3.63, 3.8) is 0 Å². The van der Waals surface area contributed by atoms with Crippen LogP contribution >= 0.6 is 0 Å². The van der Waals surface area contributed by atoms with Crippen molar-refractivity contribution in [2.24, 2.45) is 0 Å². The number of rotatable bonds is 4. The summed E-state index contributed by atoms with van der Waals surface area (Å²) in [6.07, 6.45) is 6.05. The molecule has 132 valence electrons. The monoisotopic (exact) mass is 347 g/mol. The maximum Gasteiger partial charge on any atom is 0.123 e. The smallest absolute Gasteiger partial charge is 0.123 e. The van der Waals surface area contributed by atoms with Gasteiger partial charge in [-0.1, -0.05) is 24.3 Å². The second-order valence-corrected chi connectivity index (χ2v) is 6.89. The molecule has 3 nitrogen and oxygen atoms in total. The van der Waals surface area contributed by atoms with Gasteiger partial charge in [-0.05, 0) is 55.3 Å². The largest absolute Gasteiger partial charge is 0.298 e. The molecule has 4 rings (SSSR count). The molecule has 1 aliphatic heterocycles. The van der Waals surface area contributed by atoms with Gasteiger partial charge in [0.1, 0.15) is 5.82 Å². The van der Waals surface area contributed by atoms with Crippen molar-refractivity contribution >= 4 is 0 Å². The summed E-state index contributed by atoms with van der Waals surface area (Å²) in [5.41, 5.74) is 4.01. The molecule has 1 atom stereocenters. The molecule has 0 radical (unpaired) electrons. The van der Waals surface area contributed by atoms with E-state index in [-0.39, 0.29) is 5.82 Å². The van der Waals surface area contributed by atoms with Crippen molar-refractivity contribution in [2.45, 2.75) is 25.3 Å². The standard InChI is InChI=1S/C22H22FN3/c23-20-8-1-6-18(13-20)21-9-2-10-22(25-21)19-7-4-12-26(16-19)15-17-5-3-11-24-14-17/h1-3,5-6,8-11,13-14,19H,4,7,12,15-16H2. The summed E-state index contributed by atoms with van der Waals surface area (Å²) in [4.78, 5) is 11.5. The second-order valence-electron chi connectivity index (χ2n) is 6.89. The lowest BCUT2D eigenvalue weighted by molar-refractivity contribution is 0.198. The first-order chi connectivity index (χ1) is 12.8. The van der Waals surface area contributed by atoms with Crippen LogP contribution in [0.1, 0.15) is 30.0 Å². The van der Waals surface area contributed by atoms with Crippen LogP contribution in [0, 0.1) is 5.82 Å². The summed E-state index contributed by atoms with van der Waals surface area (Å²) in [6.45, 7) is 3.03. The molecule has 26 heavy (non-hydrogen) atoms. The van der Waals surface area contributed by atoms with Gasteiger partial charge in [0.25, 0.3) is 0 Å². The molecular formula is C22H22FN3. The fourth-order valence-electron chi connectivity index (χ4n) is 3.68. The Morgan fingerprint density at radius 2 is 2.00 bits per heavy atom. The van der Waals surface area contributed by atoms with Gasteiger partial charge in [0, 0.05) is 42.7 Å². The lowest BCUT2D eigenvalue weighted by Gasteiger charge is -2.32. The second kappa shape index (κ2) is 7.75. The third-order valence-electron chi connectivity index (χ3n) is 4.94. The molecule has 0 aliphatic carbocycles. The Balaban J connectivity index is 1.51. The summed E-state index contributed by atoms with van der Waals surface area (Å²) < 4.78 is 13.5. The van der Waals surface area contributed by atoms with Gasteiger partial charge in [-0.25, -0.2) is 4.39 Å². The van der Waals surface area contributed by atoms with Gasteiger partial charge in [0.2, 0.25) is 0 Å². The number of piperidine rings is 1. The SMILES string of the molecule is Fc1cccc(-c2cccc(C3CCCN(Cc4cccnc4)C3)n2)c1. The van der Waals surface area contributed by atoms with E-state index in [9.17, 15) is 4.39 Å². The maximum absolute atomic E-state index is 13.5. The van der Waals surface area contributed by atoms with Crippen LogP contribution in [-0.4, -0.2) is 28.0 Å². The van der Waals surface area contributed by atoms with Crippen molar-refractivity contribution in [3.05, 3.63) is 84.1 Å². The molecule has 2 aromatic heterocycles. The molecule has 1 aromatic carbocycles. The van der Waals surface area contributed by atoms with Crippen LogP contribution in [0.25, 0.3) is 11.3 Å². The van der Waals surface area contributed by atoms with Gasteiger partial charge < -0.3 is 0 Å². The first kappa shape index (κ1) is 16.9. The van der Waals surface area contributed by atoms with Crippen molar-refractivity contribution < 1.29 is 4.39 Å². The average molecular weight is 347 g/mol. The normalized spacial score (nSPS) is 18.0. The maximum atomic E-state index is 13.5. The van der Waals surface area contributed by atoms with E-state index >= 15 is 0 Å². The number of nitrogens with zero attached hydrogens (tertiary/aromatic N) is 3. The van der Waals surface area contributed by atoms with E-state index in [1.807, 2.05) is 36.7 Å². The number of hydrogen-bond acceptors (Lipinski definition) is 3. The van der Waals surface area contributed by atoms with Crippen LogP contribution in [0.15, 0.2) is 67.0 Å². The molecule has 0 spiro atoms. The van der Waals surface area contributed by atoms with Crippen LogP contribution in [0.4, 0.5) is 4.39 Å². The number of likely N-dealkylation sites (tertiary alicyclic amines) is 1. The summed E-state index contributed by atoms with van der Waals surface area (Å²) in [5.74, 6) is 0.184. The Bertz CT molecular complexity index is 866. The van der Waals surface area contributed by atoms with Crippen LogP contribution in [0.2, 0.25) is 0 Å². The minimum absolute atomic E-state index is 0.227. The van der Waals surface area contributed by atoms with E-state index in [0.717, 1.165) is 49.4 Å². The lowest BCUT2D eigenvalue weighted by Crippen LogP contribution is -2.34. The van der Waals surface area contributed by atoms with Crippen molar-refractivity contribution in [1.29, 1.82) is 0 Å². The minimum atomic E-state index is -0.227. The highest BCUT2D eigenvalue weighted by atomic mass is 19.1. The molecule has 0 bridgehead atoms. The van der Waals surface area contributed by atoms with Crippen LogP contribution in [-0.2, 0) is 6.54 Å². The summed E-state index contributed by atoms with van der Waals surface area (Å²) in [6, 6.07) is 16.8. The first-order valence-electron chi connectivity index (χ1n) is 9.12. The highest BCUT2D eigenvalue weighted by Gasteiger charge is 2.22. The number of halogens is 1. The molecule has 0 N–H and O–H groups in total. The Labute approximate surface area is 153 Å². The van der Waals surface area contributed by atoms with Gasteiger partial charge in [-0.3, -0.25) is 14.9 Å². The van der Waals surface area contributed by atoms with E-state index < -0.39 is 0 Å². The quantitative estimate of drug-likeness (QED) is 0.687. The van der Waals surface area contributed by atoms with Gasteiger partial charge in [-0.15, -0.1) is 0 Å². The molecule has 1 saturated heterocycles. The Morgan fingerprint density at radius 1 is 1.08 bits per heavy atom. The van der Waals surface area contributed by atoms with Gasteiger partial charge in [0.15, 0.2) is 0 Å². The Hall–Kier alpha value is -2.59. The van der Waals surface area contributed by atoms with Crippen molar-refractivity contribution in [1.82, 2.24) is 14.9 Å². The molecule has 0 amide bonds. The summed E-state index contributed by atoms with van der Waals surface area (Å²) in [5, 5.41) is 0. The molecule has 1 unspecified atom stereocenters. The topological polar surface area (TPSA) is 29.0 Å². The molecule has 3 aromatic rings. The van der Waals surface area contributed by atoms with Crippen LogP contribution < -0.4 is 0 Å². The van der Waals surface area contributed by atoms with Gasteiger partial charge in [-0.2, -0.15) is 0 Å². The molecule has 3 heterocycles. The minimum Gasteiger partial charge on any atom is -0.298 e.